The van der Waals surface area contributed by atoms with Gasteiger partial charge in [-0.05, 0) is 36.1 Å². The number of rotatable bonds is 8. The first-order chi connectivity index (χ1) is 13.9. The molecule has 2 aromatic carbocycles. The van der Waals surface area contributed by atoms with E-state index in [0.717, 1.165) is 37.1 Å². The van der Waals surface area contributed by atoms with Crippen molar-refractivity contribution >= 4 is 22.8 Å². The van der Waals surface area contributed by atoms with E-state index in [-0.39, 0.29) is 0 Å². The van der Waals surface area contributed by atoms with Gasteiger partial charge in [0.15, 0.2) is 5.65 Å². The quantitative estimate of drug-likeness (QED) is 0.484. The van der Waals surface area contributed by atoms with Crippen LogP contribution in [0, 0.1) is 0 Å². The fourth-order valence-electron chi connectivity index (χ4n) is 3.11. The Labute approximate surface area is 164 Å². The third kappa shape index (κ3) is 4.62. The Hall–Kier alpha value is -3.47. The summed E-state index contributed by atoms with van der Waals surface area (Å²) in [7, 11) is 0. The molecule has 0 saturated heterocycles. The highest BCUT2D eigenvalue weighted by molar-refractivity contribution is 5.87. The summed E-state index contributed by atoms with van der Waals surface area (Å²) in [4.78, 5) is 13.7. The molecule has 5 heteroatoms. The van der Waals surface area contributed by atoms with E-state index in [2.05, 4.69) is 74.1 Å². The summed E-state index contributed by atoms with van der Waals surface area (Å²) >= 11 is 0. The van der Waals surface area contributed by atoms with Gasteiger partial charge in [0, 0.05) is 19.3 Å². The van der Waals surface area contributed by atoms with Gasteiger partial charge in [0.2, 0.25) is 5.95 Å². The number of hydrogen-bond acceptors (Lipinski definition) is 5. The second-order valence-electron chi connectivity index (χ2n) is 6.60. The van der Waals surface area contributed by atoms with Gasteiger partial charge in [-0.3, -0.25) is 0 Å². The molecule has 4 aromatic rings. The number of fused-ring (bicyclic) bond motifs is 1. The van der Waals surface area contributed by atoms with Crippen LogP contribution in [0.3, 0.4) is 0 Å². The van der Waals surface area contributed by atoms with Gasteiger partial charge in [-0.25, -0.2) is 4.98 Å². The Morgan fingerprint density at radius 2 is 1.29 bits per heavy atom. The summed E-state index contributed by atoms with van der Waals surface area (Å²) < 4.78 is 0. The molecule has 0 bridgehead atoms. The zero-order valence-corrected chi connectivity index (χ0v) is 15.7. The van der Waals surface area contributed by atoms with Gasteiger partial charge in [0.05, 0.1) is 5.39 Å². The number of nitrogens with one attached hydrogen (secondary N) is 2. The van der Waals surface area contributed by atoms with Crippen molar-refractivity contribution in [3.05, 3.63) is 90.1 Å². The predicted octanol–water partition coefficient (Wildman–Crippen LogP) is 4.33. The standard InChI is InChI=1S/C23H23N5/c1-3-8-18(9-4-1)13-16-25-22-20-12-7-15-24-21(20)27-23(28-22)26-17-14-19-10-5-2-6-11-19/h1-12,15H,13-14,16-17H2,(H2,24,25,26,27,28). The molecule has 0 spiro atoms. The van der Waals surface area contributed by atoms with E-state index in [1.165, 1.54) is 11.1 Å². The van der Waals surface area contributed by atoms with Crippen LogP contribution in [0.1, 0.15) is 11.1 Å². The van der Waals surface area contributed by atoms with Crippen molar-refractivity contribution < 1.29 is 0 Å². The minimum absolute atomic E-state index is 0.601. The second-order valence-corrected chi connectivity index (χ2v) is 6.60. The third-order valence-electron chi connectivity index (χ3n) is 4.56. The van der Waals surface area contributed by atoms with E-state index >= 15 is 0 Å². The molecule has 0 aliphatic carbocycles. The monoisotopic (exact) mass is 369 g/mol. The minimum Gasteiger partial charge on any atom is -0.369 e. The number of nitrogens with zero attached hydrogens (tertiary/aromatic N) is 3. The van der Waals surface area contributed by atoms with Gasteiger partial charge in [-0.1, -0.05) is 60.7 Å². The first kappa shape index (κ1) is 17.9. The average molecular weight is 369 g/mol. The van der Waals surface area contributed by atoms with Crippen LogP contribution < -0.4 is 10.6 Å². The summed E-state index contributed by atoms with van der Waals surface area (Å²) in [5.41, 5.74) is 3.28. The van der Waals surface area contributed by atoms with Gasteiger partial charge in [-0.15, -0.1) is 0 Å². The summed E-state index contributed by atoms with van der Waals surface area (Å²) in [5.74, 6) is 1.42. The van der Waals surface area contributed by atoms with Crippen LogP contribution in [-0.2, 0) is 12.8 Å². The topological polar surface area (TPSA) is 62.7 Å². The lowest BCUT2D eigenvalue weighted by molar-refractivity contribution is 0.976. The molecule has 2 N–H and O–H groups in total. The van der Waals surface area contributed by atoms with Crippen LogP contribution in [0.25, 0.3) is 11.0 Å². The number of anilines is 2. The molecule has 0 amide bonds. The molecule has 28 heavy (non-hydrogen) atoms. The van der Waals surface area contributed by atoms with Crippen molar-refractivity contribution in [1.29, 1.82) is 0 Å². The molecule has 0 unspecified atom stereocenters. The fourth-order valence-corrected chi connectivity index (χ4v) is 3.11. The molecule has 2 heterocycles. The summed E-state index contributed by atoms with van der Waals surface area (Å²) in [6.07, 6.45) is 3.61. The summed E-state index contributed by atoms with van der Waals surface area (Å²) in [6, 6.07) is 24.7. The lowest BCUT2D eigenvalue weighted by Crippen LogP contribution is -2.12. The number of aromatic nitrogens is 3. The maximum atomic E-state index is 4.69. The first-order valence-electron chi connectivity index (χ1n) is 9.57. The lowest BCUT2D eigenvalue weighted by atomic mass is 10.1. The smallest absolute Gasteiger partial charge is 0.226 e. The number of hydrogen-bond donors (Lipinski definition) is 2. The van der Waals surface area contributed by atoms with Crippen molar-refractivity contribution in [2.75, 3.05) is 23.7 Å². The van der Waals surface area contributed by atoms with Crippen molar-refractivity contribution in [3.63, 3.8) is 0 Å². The van der Waals surface area contributed by atoms with Gasteiger partial charge in [-0.2, -0.15) is 9.97 Å². The fraction of sp³-hybridized carbons (Fsp3) is 0.174. The number of benzene rings is 2. The van der Waals surface area contributed by atoms with Crippen LogP contribution in [0.4, 0.5) is 11.8 Å². The Kier molecular flexibility index (Phi) is 5.73. The Balaban J connectivity index is 1.45. The van der Waals surface area contributed by atoms with Crippen molar-refractivity contribution in [2.45, 2.75) is 12.8 Å². The minimum atomic E-state index is 0.601. The van der Waals surface area contributed by atoms with E-state index in [4.69, 9.17) is 0 Å². The summed E-state index contributed by atoms with van der Waals surface area (Å²) in [5, 5.41) is 7.72. The lowest BCUT2D eigenvalue weighted by Gasteiger charge is -2.11. The van der Waals surface area contributed by atoms with E-state index in [0.29, 0.717) is 11.6 Å². The largest absolute Gasteiger partial charge is 0.369 e. The molecule has 5 nitrogen and oxygen atoms in total. The Morgan fingerprint density at radius 1 is 0.643 bits per heavy atom. The first-order valence-corrected chi connectivity index (χ1v) is 9.57. The highest BCUT2D eigenvalue weighted by Crippen LogP contribution is 2.20. The molecule has 4 rings (SSSR count). The molecule has 2 aromatic heterocycles. The average Bonchev–Trinajstić information content (AvgIpc) is 2.75. The molecule has 0 aliphatic rings. The van der Waals surface area contributed by atoms with E-state index in [9.17, 15) is 0 Å². The normalized spacial score (nSPS) is 10.7. The molecule has 0 fully saturated rings. The van der Waals surface area contributed by atoms with Crippen LogP contribution in [0.2, 0.25) is 0 Å². The highest BCUT2D eigenvalue weighted by atomic mass is 15.2. The molecule has 0 saturated carbocycles. The maximum absolute atomic E-state index is 4.69. The van der Waals surface area contributed by atoms with E-state index < -0.39 is 0 Å². The van der Waals surface area contributed by atoms with E-state index in [1.54, 1.807) is 6.20 Å². The number of pyridine rings is 1. The molecule has 0 radical (unpaired) electrons. The molecular weight excluding hydrogens is 346 g/mol. The third-order valence-corrected chi connectivity index (χ3v) is 4.56. The zero-order chi connectivity index (χ0) is 19.0. The SMILES string of the molecule is c1ccc(CCNc2nc(NCCc3ccccc3)c3cccnc3n2)cc1. The zero-order valence-electron chi connectivity index (χ0n) is 15.7. The van der Waals surface area contributed by atoms with Crippen LogP contribution >= 0.6 is 0 Å². The molecule has 140 valence electrons. The van der Waals surface area contributed by atoms with Gasteiger partial charge in [0.1, 0.15) is 5.82 Å². The molecule has 0 atom stereocenters. The molecular formula is C23H23N5. The van der Waals surface area contributed by atoms with Crippen LogP contribution in [-0.4, -0.2) is 28.0 Å². The molecule has 0 aliphatic heterocycles. The van der Waals surface area contributed by atoms with Gasteiger partial charge < -0.3 is 10.6 Å². The van der Waals surface area contributed by atoms with E-state index in [1.807, 2.05) is 24.3 Å². The maximum Gasteiger partial charge on any atom is 0.226 e. The Bertz CT molecular complexity index is 1020. The van der Waals surface area contributed by atoms with Crippen LogP contribution in [0.15, 0.2) is 79.0 Å². The van der Waals surface area contributed by atoms with Gasteiger partial charge >= 0.3 is 0 Å². The predicted molar refractivity (Wildman–Crippen MR) is 115 cm³/mol. The van der Waals surface area contributed by atoms with Gasteiger partial charge in [0.25, 0.3) is 0 Å². The Morgan fingerprint density at radius 3 is 1.96 bits per heavy atom. The second kappa shape index (κ2) is 8.95. The van der Waals surface area contributed by atoms with Crippen molar-refractivity contribution in [1.82, 2.24) is 15.0 Å². The van der Waals surface area contributed by atoms with Crippen molar-refractivity contribution in [3.8, 4) is 0 Å². The van der Waals surface area contributed by atoms with Crippen LogP contribution in [0.5, 0.6) is 0 Å². The summed E-state index contributed by atoms with van der Waals surface area (Å²) in [6.45, 7) is 1.57. The highest BCUT2D eigenvalue weighted by Gasteiger charge is 2.08. The van der Waals surface area contributed by atoms with Crippen molar-refractivity contribution in [2.24, 2.45) is 0 Å².